The van der Waals surface area contributed by atoms with E-state index in [2.05, 4.69) is 62.3 Å². The number of amides is 1. The maximum Gasteiger partial charge on any atom is 0.236 e. The number of aromatic nitrogens is 4. The van der Waals surface area contributed by atoms with Gasteiger partial charge >= 0.3 is 0 Å². The van der Waals surface area contributed by atoms with Crippen LogP contribution < -0.4 is 5.32 Å². The van der Waals surface area contributed by atoms with Crippen molar-refractivity contribution in [2.45, 2.75) is 37.4 Å². The van der Waals surface area contributed by atoms with Gasteiger partial charge in [-0.15, -0.1) is 32.9 Å². The lowest BCUT2D eigenvalue weighted by molar-refractivity contribution is -0.113. The number of thiazole rings is 1. The minimum atomic E-state index is -0.0877. The molecule has 1 N–H and O–H groups in total. The van der Waals surface area contributed by atoms with Crippen molar-refractivity contribution in [3.63, 3.8) is 0 Å². The standard InChI is InChI=1S/C22H21N5OS3/c1-2-14-5-7-15(8-6-14)17-12-30-21(23-17)24-19(28)13-31-22-26-25-20(18-4-3-11-29-18)27(22)16-9-10-16/h3-8,11-12,16H,2,9-10,13H2,1H3,(H,23,24,28). The molecule has 5 rings (SSSR count). The van der Waals surface area contributed by atoms with E-state index in [4.69, 9.17) is 0 Å². The minimum Gasteiger partial charge on any atom is -0.301 e. The van der Waals surface area contributed by atoms with E-state index < -0.39 is 0 Å². The number of thioether (sulfide) groups is 1. The van der Waals surface area contributed by atoms with E-state index in [-0.39, 0.29) is 11.7 Å². The first kappa shape index (κ1) is 20.4. The minimum absolute atomic E-state index is 0.0877. The average Bonchev–Trinajstić information content (AvgIpc) is 3.19. The van der Waals surface area contributed by atoms with E-state index in [1.165, 1.54) is 28.7 Å². The van der Waals surface area contributed by atoms with Crippen LogP contribution in [0.15, 0.2) is 52.3 Å². The fourth-order valence-corrected chi connectivity index (χ4v) is 5.52. The summed E-state index contributed by atoms with van der Waals surface area (Å²) in [5.41, 5.74) is 3.23. The van der Waals surface area contributed by atoms with Crippen molar-refractivity contribution in [3.05, 3.63) is 52.7 Å². The van der Waals surface area contributed by atoms with Crippen molar-refractivity contribution in [2.75, 3.05) is 11.1 Å². The molecule has 0 atom stereocenters. The Labute approximate surface area is 192 Å². The molecular formula is C22H21N5OS3. The van der Waals surface area contributed by atoms with Crippen molar-refractivity contribution in [1.29, 1.82) is 0 Å². The molecule has 9 heteroatoms. The Morgan fingerprint density at radius 3 is 2.74 bits per heavy atom. The van der Waals surface area contributed by atoms with Crippen LogP contribution in [0.5, 0.6) is 0 Å². The molecule has 1 amide bonds. The summed E-state index contributed by atoms with van der Waals surface area (Å²) in [5.74, 6) is 1.09. The lowest BCUT2D eigenvalue weighted by Crippen LogP contribution is -2.14. The third-order valence-corrected chi connectivity index (χ3v) is 7.63. The van der Waals surface area contributed by atoms with Gasteiger partial charge in [0.15, 0.2) is 16.1 Å². The number of anilines is 1. The quantitative estimate of drug-likeness (QED) is 0.334. The summed E-state index contributed by atoms with van der Waals surface area (Å²) < 4.78 is 2.19. The van der Waals surface area contributed by atoms with E-state index in [1.807, 2.05) is 16.8 Å². The molecule has 0 spiro atoms. The van der Waals surface area contributed by atoms with Crippen molar-refractivity contribution in [3.8, 4) is 22.0 Å². The van der Waals surface area contributed by atoms with Crippen molar-refractivity contribution < 1.29 is 4.79 Å². The lowest BCUT2D eigenvalue weighted by atomic mass is 10.1. The molecule has 0 aliphatic heterocycles. The highest BCUT2D eigenvalue weighted by atomic mass is 32.2. The van der Waals surface area contributed by atoms with Crippen LogP contribution in [0, 0.1) is 0 Å². The summed E-state index contributed by atoms with van der Waals surface area (Å²) in [5, 5.41) is 17.1. The zero-order valence-corrected chi connectivity index (χ0v) is 19.4. The third-order valence-electron chi connectivity index (χ3n) is 5.06. The summed E-state index contributed by atoms with van der Waals surface area (Å²) in [6.45, 7) is 2.14. The molecule has 31 heavy (non-hydrogen) atoms. The molecule has 4 aromatic rings. The van der Waals surface area contributed by atoms with Gasteiger partial charge in [0.05, 0.1) is 16.3 Å². The smallest absolute Gasteiger partial charge is 0.236 e. The molecule has 0 bridgehead atoms. The highest BCUT2D eigenvalue weighted by Crippen LogP contribution is 2.41. The van der Waals surface area contributed by atoms with E-state index in [9.17, 15) is 4.79 Å². The Morgan fingerprint density at radius 2 is 2.03 bits per heavy atom. The maximum atomic E-state index is 12.5. The van der Waals surface area contributed by atoms with Crippen molar-refractivity contribution in [2.24, 2.45) is 0 Å². The second-order valence-corrected chi connectivity index (χ2v) is 10.1. The molecular weight excluding hydrogens is 446 g/mol. The largest absolute Gasteiger partial charge is 0.301 e. The maximum absolute atomic E-state index is 12.5. The van der Waals surface area contributed by atoms with Crippen LogP contribution in [0.2, 0.25) is 0 Å². The monoisotopic (exact) mass is 467 g/mol. The zero-order chi connectivity index (χ0) is 21.2. The molecule has 3 aromatic heterocycles. The fraction of sp³-hybridized carbons (Fsp3) is 0.273. The Bertz CT molecular complexity index is 1180. The Hall–Kier alpha value is -2.49. The topological polar surface area (TPSA) is 72.7 Å². The highest BCUT2D eigenvalue weighted by Gasteiger charge is 2.30. The van der Waals surface area contributed by atoms with Crippen LogP contribution in [-0.2, 0) is 11.2 Å². The predicted molar refractivity (Wildman–Crippen MR) is 128 cm³/mol. The second-order valence-electron chi connectivity index (χ2n) is 7.31. The molecule has 1 aromatic carbocycles. The summed E-state index contributed by atoms with van der Waals surface area (Å²) in [6, 6.07) is 12.9. The SMILES string of the molecule is CCc1ccc(-c2csc(NC(=O)CSc3nnc(-c4cccs4)n3C3CC3)n2)cc1. The van der Waals surface area contributed by atoms with Gasteiger partial charge in [0, 0.05) is 17.0 Å². The van der Waals surface area contributed by atoms with E-state index in [1.54, 1.807) is 11.3 Å². The van der Waals surface area contributed by atoms with Gasteiger partial charge in [-0.1, -0.05) is 49.0 Å². The van der Waals surface area contributed by atoms with Gasteiger partial charge < -0.3 is 5.32 Å². The summed E-state index contributed by atoms with van der Waals surface area (Å²) >= 11 is 4.53. The van der Waals surface area contributed by atoms with E-state index in [0.717, 1.165) is 46.4 Å². The highest BCUT2D eigenvalue weighted by molar-refractivity contribution is 7.99. The average molecular weight is 468 g/mol. The first-order chi connectivity index (χ1) is 15.2. The zero-order valence-electron chi connectivity index (χ0n) is 16.9. The summed E-state index contributed by atoms with van der Waals surface area (Å²) in [4.78, 5) is 18.2. The molecule has 3 heterocycles. The first-order valence-corrected chi connectivity index (χ1v) is 12.9. The fourth-order valence-electron chi connectivity index (χ4n) is 3.27. The number of nitrogens with one attached hydrogen (secondary N) is 1. The second kappa shape index (κ2) is 8.94. The van der Waals surface area contributed by atoms with Crippen LogP contribution in [-0.4, -0.2) is 31.4 Å². The molecule has 1 aliphatic carbocycles. The van der Waals surface area contributed by atoms with Crippen LogP contribution in [0.4, 0.5) is 5.13 Å². The molecule has 0 saturated heterocycles. The molecule has 0 radical (unpaired) electrons. The number of nitrogens with zero attached hydrogens (tertiary/aromatic N) is 4. The van der Waals surface area contributed by atoms with Gasteiger partial charge in [0.2, 0.25) is 5.91 Å². The predicted octanol–water partition coefficient (Wildman–Crippen LogP) is 5.76. The van der Waals surface area contributed by atoms with Gasteiger partial charge in [-0.2, -0.15) is 0 Å². The Balaban J connectivity index is 1.22. The van der Waals surface area contributed by atoms with Crippen molar-refractivity contribution >= 4 is 45.5 Å². The Morgan fingerprint density at radius 1 is 1.19 bits per heavy atom. The van der Waals surface area contributed by atoms with Gasteiger partial charge in [-0.25, -0.2) is 4.98 Å². The molecule has 0 unspecified atom stereocenters. The van der Waals surface area contributed by atoms with Gasteiger partial charge in [0.1, 0.15) is 0 Å². The van der Waals surface area contributed by atoms with Gasteiger partial charge in [-0.05, 0) is 36.3 Å². The van der Waals surface area contributed by atoms with Gasteiger partial charge in [0.25, 0.3) is 0 Å². The van der Waals surface area contributed by atoms with Gasteiger partial charge in [-0.3, -0.25) is 9.36 Å². The number of hydrogen-bond donors (Lipinski definition) is 1. The molecule has 158 valence electrons. The number of carbonyl (C=O) groups is 1. The number of benzene rings is 1. The van der Waals surface area contributed by atoms with Crippen LogP contribution in [0.3, 0.4) is 0 Å². The first-order valence-electron chi connectivity index (χ1n) is 10.2. The number of thiophene rings is 1. The number of carbonyl (C=O) groups excluding carboxylic acids is 1. The lowest BCUT2D eigenvalue weighted by Gasteiger charge is -2.07. The number of hydrogen-bond acceptors (Lipinski definition) is 7. The molecule has 1 aliphatic rings. The number of aryl methyl sites for hydroxylation is 1. The molecule has 1 saturated carbocycles. The summed E-state index contributed by atoms with van der Waals surface area (Å²) in [7, 11) is 0. The van der Waals surface area contributed by atoms with Crippen LogP contribution >= 0.6 is 34.4 Å². The normalized spacial score (nSPS) is 13.5. The van der Waals surface area contributed by atoms with Crippen molar-refractivity contribution in [1.82, 2.24) is 19.7 Å². The number of rotatable bonds is 8. The third kappa shape index (κ3) is 4.58. The Kier molecular flexibility index (Phi) is 5.89. The molecule has 1 fully saturated rings. The van der Waals surface area contributed by atoms with E-state index >= 15 is 0 Å². The van der Waals surface area contributed by atoms with Crippen LogP contribution in [0.1, 0.15) is 31.4 Å². The van der Waals surface area contributed by atoms with E-state index in [0.29, 0.717) is 11.2 Å². The van der Waals surface area contributed by atoms with Crippen LogP contribution in [0.25, 0.3) is 22.0 Å². The molecule has 6 nitrogen and oxygen atoms in total. The summed E-state index contributed by atoms with van der Waals surface area (Å²) in [6.07, 6.45) is 3.29.